The molecular weight excluding hydrogens is 466 g/mol. The molecule has 34 heavy (non-hydrogen) atoms. The maximum absolute atomic E-state index is 12.7. The van der Waals surface area contributed by atoms with Crippen LogP contribution in [0.3, 0.4) is 0 Å². The third kappa shape index (κ3) is 6.20. The number of rotatable bonds is 9. The molecule has 0 bridgehead atoms. The molecule has 9 nitrogen and oxygen atoms in total. The number of hydrogen-bond acceptors (Lipinski definition) is 9. The summed E-state index contributed by atoms with van der Waals surface area (Å²) >= 11 is 1.22. The van der Waals surface area contributed by atoms with Crippen LogP contribution < -0.4 is 15.4 Å². The molecule has 0 radical (unpaired) electrons. The van der Waals surface area contributed by atoms with E-state index in [2.05, 4.69) is 35.8 Å². The first-order valence-electron chi connectivity index (χ1n) is 10.8. The molecule has 1 aliphatic carbocycles. The number of hydrogen-bond donors (Lipinski definition) is 2. The molecule has 0 spiro atoms. The normalized spacial score (nSPS) is 18.9. The highest BCUT2D eigenvalue weighted by molar-refractivity contribution is 7.19. The number of nitrogens with one attached hydrogen (secondary N) is 2. The van der Waals surface area contributed by atoms with Crippen molar-refractivity contribution in [1.29, 1.82) is 0 Å². The van der Waals surface area contributed by atoms with Crippen LogP contribution >= 0.6 is 11.3 Å². The minimum atomic E-state index is -2.96. The zero-order chi connectivity index (χ0) is 23.9. The van der Waals surface area contributed by atoms with Crippen molar-refractivity contribution in [2.45, 2.75) is 50.4 Å². The highest BCUT2D eigenvalue weighted by Crippen LogP contribution is 2.34. The Kier molecular flexibility index (Phi) is 7.91. The number of halogens is 2. The fourth-order valence-corrected chi connectivity index (χ4v) is 4.71. The summed E-state index contributed by atoms with van der Waals surface area (Å²) in [4.78, 5) is 12.7. The van der Waals surface area contributed by atoms with Gasteiger partial charge in [0, 0.05) is 25.3 Å². The van der Waals surface area contributed by atoms with Crippen LogP contribution in [0.2, 0.25) is 0 Å². The molecular formula is C22H24F2N6O3S. The Hall–Kier alpha value is -3.25. The van der Waals surface area contributed by atoms with Crippen molar-refractivity contribution in [2.75, 3.05) is 17.7 Å². The fourth-order valence-electron chi connectivity index (χ4n) is 3.99. The maximum atomic E-state index is 12.7. The predicted molar refractivity (Wildman–Crippen MR) is 122 cm³/mol. The van der Waals surface area contributed by atoms with Crippen LogP contribution in [0.15, 0.2) is 42.6 Å². The molecule has 2 aromatic heterocycles. The number of carbonyl (C=O) groups excluding carboxylic acids is 1. The van der Waals surface area contributed by atoms with Crippen molar-refractivity contribution in [1.82, 2.24) is 20.4 Å². The molecule has 2 N–H and O–H groups in total. The van der Waals surface area contributed by atoms with E-state index in [9.17, 15) is 13.6 Å². The summed E-state index contributed by atoms with van der Waals surface area (Å²) in [5.41, 5.74) is 1.40. The highest BCUT2D eigenvalue weighted by Gasteiger charge is 2.25. The van der Waals surface area contributed by atoms with E-state index in [0.29, 0.717) is 21.7 Å². The van der Waals surface area contributed by atoms with E-state index in [4.69, 9.17) is 4.74 Å². The number of aromatic nitrogens is 4. The number of nitrogens with zero attached hydrogens (tertiary/aromatic N) is 4. The van der Waals surface area contributed by atoms with Gasteiger partial charge in [-0.1, -0.05) is 23.5 Å². The Morgan fingerprint density at radius 2 is 1.88 bits per heavy atom. The van der Waals surface area contributed by atoms with E-state index in [1.165, 1.54) is 36.6 Å². The predicted octanol–water partition coefficient (Wildman–Crippen LogP) is 4.39. The Morgan fingerprint density at radius 3 is 2.59 bits per heavy atom. The third-order valence-electron chi connectivity index (χ3n) is 5.58. The first-order valence-corrected chi connectivity index (χ1v) is 11.6. The van der Waals surface area contributed by atoms with Gasteiger partial charge >= 0.3 is 6.61 Å². The molecule has 1 aliphatic rings. The summed E-state index contributed by atoms with van der Waals surface area (Å²) in [6.07, 6.45) is 4.58. The lowest BCUT2D eigenvalue weighted by Crippen LogP contribution is -2.25. The second kappa shape index (κ2) is 11.3. The van der Waals surface area contributed by atoms with Crippen molar-refractivity contribution >= 4 is 27.5 Å². The summed E-state index contributed by atoms with van der Waals surface area (Å²) in [7, 11) is 1.36. The Morgan fingerprint density at radius 1 is 1.09 bits per heavy atom. The summed E-state index contributed by atoms with van der Waals surface area (Å²) in [5.74, 6) is -0.144. The fraction of sp³-hybridized carbons (Fsp3) is 0.409. The van der Waals surface area contributed by atoms with E-state index >= 15 is 0 Å². The topological polar surface area (TPSA) is 111 Å². The Bertz CT molecular complexity index is 1080. The van der Waals surface area contributed by atoms with Crippen LogP contribution in [0.1, 0.15) is 49.0 Å². The minimum Gasteiger partial charge on any atom is -0.435 e. The molecule has 1 fully saturated rings. The molecule has 12 heteroatoms. The van der Waals surface area contributed by atoms with E-state index in [1.54, 1.807) is 12.3 Å². The van der Waals surface area contributed by atoms with Crippen molar-refractivity contribution in [2.24, 2.45) is 0 Å². The molecule has 0 aliphatic heterocycles. The molecule has 1 amide bonds. The monoisotopic (exact) mass is 490 g/mol. The standard InChI is InChI=1S/C22H24F2N6O3S/c1-32-18(14-4-2-5-16(12-14)33-20(23)24)19(31)27-22-30-29-21(34-22)26-15-9-7-13(8-10-15)17-6-3-11-25-28-17/h2-6,11-13,15,18,20H,7-10H2,1H3,(H,26,29)(H,27,30,31)/t13?,15?,18-/m0/s1. The SMILES string of the molecule is CO[C@H](C(=O)Nc1nnc(NC2CCC(c3cccnn3)CC2)s1)c1cccc(OC(F)F)c1. The molecule has 1 atom stereocenters. The molecule has 1 saturated carbocycles. The first kappa shape index (κ1) is 23.9. The third-order valence-corrected chi connectivity index (χ3v) is 6.35. The average molecular weight is 491 g/mol. The van der Waals surface area contributed by atoms with E-state index in [1.807, 2.05) is 12.1 Å². The number of methoxy groups -OCH3 is 1. The van der Waals surface area contributed by atoms with Gasteiger partial charge in [-0.05, 0) is 55.5 Å². The molecule has 3 aromatic rings. The largest absolute Gasteiger partial charge is 0.435 e. The Labute approximate surface area is 198 Å². The lowest BCUT2D eigenvalue weighted by Gasteiger charge is -2.28. The Balaban J connectivity index is 1.31. The molecule has 180 valence electrons. The summed E-state index contributed by atoms with van der Waals surface area (Å²) < 4.78 is 34.7. The maximum Gasteiger partial charge on any atom is 0.387 e. The number of anilines is 2. The minimum absolute atomic E-state index is 0.0567. The van der Waals surface area contributed by atoms with E-state index in [-0.39, 0.29) is 11.8 Å². The van der Waals surface area contributed by atoms with Crippen LogP contribution in [0.4, 0.5) is 19.0 Å². The summed E-state index contributed by atoms with van der Waals surface area (Å²) in [6.45, 7) is -2.96. The van der Waals surface area contributed by atoms with Crippen molar-refractivity contribution in [3.63, 3.8) is 0 Å². The van der Waals surface area contributed by atoms with Crippen molar-refractivity contribution in [3.8, 4) is 5.75 Å². The second-order valence-electron chi connectivity index (χ2n) is 7.81. The van der Waals surface area contributed by atoms with Gasteiger partial charge in [-0.3, -0.25) is 10.1 Å². The number of ether oxygens (including phenoxy) is 2. The zero-order valence-corrected chi connectivity index (χ0v) is 19.2. The molecule has 2 heterocycles. The van der Waals surface area contributed by atoms with Gasteiger partial charge in [0.15, 0.2) is 6.10 Å². The number of benzene rings is 1. The van der Waals surface area contributed by atoms with Crippen LogP contribution in [-0.2, 0) is 9.53 Å². The zero-order valence-electron chi connectivity index (χ0n) is 18.4. The van der Waals surface area contributed by atoms with E-state index in [0.717, 1.165) is 31.4 Å². The number of carbonyl (C=O) groups is 1. The first-order chi connectivity index (χ1) is 16.5. The molecule has 1 aromatic carbocycles. The van der Waals surface area contributed by atoms with Crippen LogP contribution in [-0.4, -0.2) is 46.1 Å². The summed E-state index contributed by atoms with van der Waals surface area (Å²) in [6, 6.07) is 10.0. The highest BCUT2D eigenvalue weighted by atomic mass is 32.1. The van der Waals surface area contributed by atoms with E-state index < -0.39 is 18.6 Å². The quantitative estimate of drug-likeness (QED) is 0.454. The smallest absolute Gasteiger partial charge is 0.387 e. The van der Waals surface area contributed by atoms with Gasteiger partial charge in [0.05, 0.1) is 5.69 Å². The number of amides is 1. The second-order valence-corrected chi connectivity index (χ2v) is 8.79. The molecule has 0 unspecified atom stereocenters. The lowest BCUT2D eigenvalue weighted by atomic mass is 9.84. The van der Waals surface area contributed by atoms with Gasteiger partial charge < -0.3 is 14.8 Å². The van der Waals surface area contributed by atoms with Crippen LogP contribution in [0.5, 0.6) is 5.75 Å². The van der Waals surface area contributed by atoms with Crippen LogP contribution in [0.25, 0.3) is 0 Å². The molecule has 0 saturated heterocycles. The average Bonchev–Trinajstić information content (AvgIpc) is 3.27. The van der Waals surface area contributed by atoms with Gasteiger partial charge in [0.1, 0.15) is 5.75 Å². The lowest BCUT2D eigenvalue weighted by molar-refractivity contribution is -0.126. The summed E-state index contributed by atoms with van der Waals surface area (Å²) in [5, 5.41) is 23.3. The van der Waals surface area contributed by atoms with Gasteiger partial charge in [-0.2, -0.15) is 19.0 Å². The van der Waals surface area contributed by atoms with Gasteiger partial charge in [0.25, 0.3) is 5.91 Å². The number of alkyl halides is 2. The molecule has 4 rings (SSSR count). The van der Waals surface area contributed by atoms with Gasteiger partial charge in [-0.15, -0.1) is 10.2 Å². The van der Waals surface area contributed by atoms with Crippen LogP contribution in [0, 0.1) is 0 Å². The van der Waals surface area contributed by atoms with Crippen molar-refractivity contribution < 1.29 is 23.0 Å². The van der Waals surface area contributed by atoms with Gasteiger partial charge in [0.2, 0.25) is 10.3 Å². The van der Waals surface area contributed by atoms with Gasteiger partial charge in [-0.25, -0.2) is 0 Å². The van der Waals surface area contributed by atoms with Crippen molar-refractivity contribution in [3.05, 3.63) is 53.9 Å².